The van der Waals surface area contributed by atoms with E-state index in [-0.39, 0.29) is 0 Å². The monoisotopic (exact) mass is 300 g/mol. The van der Waals surface area contributed by atoms with Crippen molar-refractivity contribution < 1.29 is 4.18 Å². The number of hydrogen-bond acceptors (Lipinski definition) is 4. The lowest BCUT2D eigenvalue weighted by Gasteiger charge is -2.21. The van der Waals surface area contributed by atoms with Gasteiger partial charge in [-0.3, -0.25) is 0 Å². The van der Waals surface area contributed by atoms with Crippen LogP contribution in [0.3, 0.4) is 0 Å². The van der Waals surface area contributed by atoms with E-state index >= 15 is 0 Å². The molecule has 0 fully saturated rings. The zero-order valence-electron chi connectivity index (χ0n) is 12.6. The van der Waals surface area contributed by atoms with Gasteiger partial charge in [0.05, 0.1) is 12.0 Å². The van der Waals surface area contributed by atoms with Gasteiger partial charge in [0.15, 0.2) is 0 Å². The van der Waals surface area contributed by atoms with Gasteiger partial charge in [0, 0.05) is 30.4 Å². The lowest BCUT2D eigenvalue weighted by molar-refractivity contribution is 0.525. The molecular formula is C17H20N2OS. The van der Waals surface area contributed by atoms with Gasteiger partial charge >= 0.3 is 0 Å². The third-order valence-electron chi connectivity index (χ3n) is 3.07. The molecule has 0 aromatic carbocycles. The minimum atomic E-state index is 0.866. The highest BCUT2D eigenvalue weighted by Gasteiger charge is 2.12. The Labute approximate surface area is 131 Å². The molecule has 0 aromatic rings. The van der Waals surface area contributed by atoms with Gasteiger partial charge in [0.25, 0.3) is 0 Å². The molecule has 1 aliphatic carbocycles. The summed E-state index contributed by atoms with van der Waals surface area (Å²) in [6.07, 6.45) is 21.0. The minimum Gasteiger partial charge on any atom is -0.426 e. The van der Waals surface area contributed by atoms with Crippen LogP contribution in [0.15, 0.2) is 76.6 Å². The van der Waals surface area contributed by atoms with Crippen LogP contribution >= 0.6 is 12.0 Å². The molecule has 3 nitrogen and oxygen atoms in total. The Kier molecular flexibility index (Phi) is 5.69. The second-order valence-corrected chi connectivity index (χ2v) is 5.00. The summed E-state index contributed by atoms with van der Waals surface area (Å²) in [5.41, 5.74) is 2.34. The van der Waals surface area contributed by atoms with Crippen LogP contribution < -0.4 is 0 Å². The molecule has 0 amide bonds. The van der Waals surface area contributed by atoms with Gasteiger partial charge in [-0.2, -0.15) is 0 Å². The standard InChI is InChI=1S/C17H20N2OS/c1-4-11-19-13-15(12-18-17(19)5-2)14-7-6-8-16(10-9-14)20-21-3/h4-6,8-13H,7H2,1-3H3/b11-4-,17-5+. The van der Waals surface area contributed by atoms with E-state index in [0.717, 1.165) is 23.6 Å². The molecule has 0 saturated carbocycles. The van der Waals surface area contributed by atoms with Crippen molar-refractivity contribution in [3.05, 3.63) is 71.6 Å². The molecule has 0 atom stereocenters. The van der Waals surface area contributed by atoms with Crippen molar-refractivity contribution in [3.63, 3.8) is 0 Å². The first kappa shape index (κ1) is 15.4. The lowest BCUT2D eigenvalue weighted by atomic mass is 10.0. The van der Waals surface area contributed by atoms with Gasteiger partial charge in [-0.15, -0.1) is 0 Å². The Morgan fingerprint density at radius 2 is 2.19 bits per heavy atom. The number of allylic oxidation sites excluding steroid dienone is 8. The summed E-state index contributed by atoms with van der Waals surface area (Å²) < 4.78 is 5.46. The summed E-state index contributed by atoms with van der Waals surface area (Å²) in [7, 11) is 0. The van der Waals surface area contributed by atoms with Crippen LogP contribution in [-0.4, -0.2) is 17.4 Å². The van der Waals surface area contributed by atoms with Crippen LogP contribution in [0.4, 0.5) is 0 Å². The number of rotatable bonds is 4. The van der Waals surface area contributed by atoms with E-state index < -0.39 is 0 Å². The largest absolute Gasteiger partial charge is 0.426 e. The Balaban J connectivity index is 2.26. The maximum atomic E-state index is 5.46. The van der Waals surface area contributed by atoms with Crippen LogP contribution in [0.5, 0.6) is 0 Å². The summed E-state index contributed by atoms with van der Waals surface area (Å²) in [6.45, 7) is 3.99. The molecule has 0 unspecified atom stereocenters. The third kappa shape index (κ3) is 4.02. The van der Waals surface area contributed by atoms with Crippen molar-refractivity contribution in [1.29, 1.82) is 0 Å². The Bertz CT molecular complexity index is 592. The lowest BCUT2D eigenvalue weighted by Crippen LogP contribution is -2.14. The highest BCUT2D eigenvalue weighted by atomic mass is 32.2. The van der Waals surface area contributed by atoms with Crippen molar-refractivity contribution >= 4 is 18.3 Å². The Morgan fingerprint density at radius 1 is 1.33 bits per heavy atom. The number of hydrogen-bond donors (Lipinski definition) is 0. The van der Waals surface area contributed by atoms with Crippen LogP contribution in [0.1, 0.15) is 20.3 Å². The maximum absolute atomic E-state index is 5.46. The molecule has 2 rings (SSSR count). The predicted molar refractivity (Wildman–Crippen MR) is 91.5 cm³/mol. The Hall–Kier alpha value is -1.94. The van der Waals surface area contributed by atoms with Crippen molar-refractivity contribution in [1.82, 2.24) is 4.90 Å². The minimum absolute atomic E-state index is 0.866. The van der Waals surface area contributed by atoms with Crippen molar-refractivity contribution in [2.45, 2.75) is 20.3 Å². The second kappa shape index (κ2) is 7.74. The fourth-order valence-corrected chi connectivity index (χ4v) is 2.40. The zero-order chi connectivity index (χ0) is 15.1. The topological polar surface area (TPSA) is 24.8 Å². The first-order valence-electron chi connectivity index (χ1n) is 6.90. The van der Waals surface area contributed by atoms with Crippen molar-refractivity contribution in [2.75, 3.05) is 6.26 Å². The molecule has 0 aromatic heterocycles. The molecule has 0 N–H and O–H groups in total. The second-order valence-electron chi connectivity index (χ2n) is 4.50. The predicted octanol–water partition coefficient (Wildman–Crippen LogP) is 4.72. The zero-order valence-corrected chi connectivity index (χ0v) is 13.4. The average Bonchev–Trinajstić information content (AvgIpc) is 2.74. The summed E-state index contributed by atoms with van der Waals surface area (Å²) in [6, 6.07) is 0. The molecule has 1 heterocycles. The van der Waals surface area contributed by atoms with E-state index in [9.17, 15) is 0 Å². The molecule has 0 saturated heterocycles. The van der Waals surface area contributed by atoms with Crippen molar-refractivity contribution in [2.24, 2.45) is 4.99 Å². The summed E-state index contributed by atoms with van der Waals surface area (Å²) >= 11 is 1.35. The quantitative estimate of drug-likeness (QED) is 0.702. The van der Waals surface area contributed by atoms with Crippen LogP contribution in [-0.2, 0) is 4.18 Å². The molecule has 110 valence electrons. The molecule has 21 heavy (non-hydrogen) atoms. The average molecular weight is 300 g/mol. The van der Waals surface area contributed by atoms with Gasteiger partial charge in [-0.05, 0) is 44.1 Å². The Morgan fingerprint density at radius 3 is 2.90 bits per heavy atom. The molecule has 0 spiro atoms. The van der Waals surface area contributed by atoms with E-state index in [2.05, 4.69) is 23.3 Å². The molecule has 2 aliphatic rings. The first-order chi connectivity index (χ1) is 10.3. The van der Waals surface area contributed by atoms with Crippen LogP contribution in [0.25, 0.3) is 0 Å². The van der Waals surface area contributed by atoms with Gasteiger partial charge < -0.3 is 9.08 Å². The highest BCUT2D eigenvalue weighted by Crippen LogP contribution is 2.24. The molecule has 0 radical (unpaired) electrons. The van der Waals surface area contributed by atoms with Crippen LogP contribution in [0.2, 0.25) is 0 Å². The number of aliphatic imine (C=N–C) groups is 1. The van der Waals surface area contributed by atoms with Crippen LogP contribution in [0, 0.1) is 0 Å². The first-order valence-corrected chi connectivity index (χ1v) is 8.05. The van der Waals surface area contributed by atoms with E-state index in [0.29, 0.717) is 0 Å². The van der Waals surface area contributed by atoms with E-state index in [4.69, 9.17) is 4.18 Å². The smallest absolute Gasteiger partial charge is 0.137 e. The fraction of sp³-hybridized carbons (Fsp3) is 0.235. The normalized spacial score (nSPS) is 20.4. The van der Waals surface area contributed by atoms with Crippen molar-refractivity contribution in [3.8, 4) is 0 Å². The summed E-state index contributed by atoms with van der Waals surface area (Å²) in [5, 5.41) is 0. The third-order valence-corrected chi connectivity index (χ3v) is 3.42. The van der Waals surface area contributed by atoms with E-state index in [1.807, 2.05) is 61.7 Å². The fourth-order valence-electron chi connectivity index (χ4n) is 2.10. The molecule has 4 heteroatoms. The van der Waals surface area contributed by atoms with Gasteiger partial charge in [0.1, 0.15) is 11.6 Å². The molecule has 0 bridgehead atoms. The number of nitrogens with zero attached hydrogens (tertiary/aromatic N) is 2. The highest BCUT2D eigenvalue weighted by molar-refractivity contribution is 7.94. The van der Waals surface area contributed by atoms with Gasteiger partial charge in [0.2, 0.25) is 0 Å². The van der Waals surface area contributed by atoms with E-state index in [1.165, 1.54) is 17.6 Å². The van der Waals surface area contributed by atoms with Gasteiger partial charge in [-0.1, -0.05) is 18.2 Å². The molecular weight excluding hydrogens is 280 g/mol. The summed E-state index contributed by atoms with van der Waals surface area (Å²) in [5.74, 6) is 1.80. The maximum Gasteiger partial charge on any atom is 0.137 e. The van der Waals surface area contributed by atoms with Gasteiger partial charge in [-0.25, -0.2) is 4.99 Å². The van der Waals surface area contributed by atoms with E-state index in [1.54, 1.807) is 0 Å². The molecule has 1 aliphatic heterocycles. The summed E-state index contributed by atoms with van der Waals surface area (Å²) in [4.78, 5) is 6.55. The SMILES string of the molecule is C/C=C\N1C=C(C2=CC=C(OSC)C=CC2)C=N/C1=C\C.